The number of hydrogen-bond acceptors (Lipinski definition) is 5. The van der Waals surface area contributed by atoms with Gasteiger partial charge >= 0.3 is 6.18 Å². The molecule has 2 aliphatic rings. The molecule has 1 aliphatic carbocycles. The van der Waals surface area contributed by atoms with Crippen molar-refractivity contribution in [1.82, 2.24) is 4.90 Å². The summed E-state index contributed by atoms with van der Waals surface area (Å²) in [5.74, 6) is -0.168. The molecule has 1 aromatic heterocycles. The Morgan fingerprint density at radius 2 is 1.97 bits per heavy atom. The number of hydrogen-bond donors (Lipinski definition) is 1. The van der Waals surface area contributed by atoms with Crippen LogP contribution in [0.2, 0.25) is 0 Å². The normalized spacial score (nSPS) is 16.9. The average molecular weight is 434 g/mol. The lowest BCUT2D eigenvalue weighted by molar-refractivity contribution is -0.137. The second-order valence-corrected chi connectivity index (χ2v) is 8.64. The smallest absolute Gasteiger partial charge is 0.369 e. The van der Waals surface area contributed by atoms with Crippen molar-refractivity contribution in [2.24, 2.45) is 0 Å². The lowest BCUT2D eigenvalue weighted by Gasteiger charge is -2.35. The van der Waals surface area contributed by atoms with Gasteiger partial charge in [-0.1, -0.05) is 6.07 Å². The lowest BCUT2D eigenvalue weighted by Crippen LogP contribution is -2.48. The van der Waals surface area contributed by atoms with Crippen molar-refractivity contribution in [2.75, 3.05) is 42.9 Å². The van der Waals surface area contributed by atoms with E-state index >= 15 is 0 Å². The van der Waals surface area contributed by atoms with Crippen molar-refractivity contribution in [3.8, 4) is 6.07 Å². The Kier molecular flexibility index (Phi) is 5.71. The molecule has 4 rings (SSSR count). The lowest BCUT2D eigenvalue weighted by atomic mass is 10.1. The number of carbonyl (C=O) groups excluding carboxylic acids is 1. The van der Waals surface area contributed by atoms with E-state index in [4.69, 9.17) is 0 Å². The molecule has 5 nitrogen and oxygen atoms in total. The van der Waals surface area contributed by atoms with Gasteiger partial charge in [0.25, 0.3) is 0 Å². The molecule has 30 heavy (non-hydrogen) atoms. The van der Waals surface area contributed by atoms with Crippen LogP contribution in [0.15, 0.2) is 24.3 Å². The van der Waals surface area contributed by atoms with Gasteiger partial charge in [0.1, 0.15) is 11.1 Å². The predicted octanol–water partition coefficient (Wildman–Crippen LogP) is 3.89. The molecule has 1 aliphatic heterocycles. The Morgan fingerprint density at radius 3 is 2.67 bits per heavy atom. The molecule has 2 heterocycles. The van der Waals surface area contributed by atoms with Gasteiger partial charge in [0.2, 0.25) is 5.91 Å². The highest BCUT2D eigenvalue weighted by Gasteiger charge is 2.31. The van der Waals surface area contributed by atoms with E-state index in [-0.39, 0.29) is 12.5 Å². The van der Waals surface area contributed by atoms with Crippen molar-refractivity contribution in [2.45, 2.75) is 25.4 Å². The monoisotopic (exact) mass is 434 g/mol. The zero-order valence-corrected chi connectivity index (χ0v) is 17.1. The molecule has 1 fully saturated rings. The van der Waals surface area contributed by atoms with E-state index in [1.807, 2.05) is 9.80 Å². The molecule has 2 aromatic rings. The topological polar surface area (TPSA) is 59.4 Å². The molecule has 1 N–H and O–H groups in total. The molecule has 0 unspecified atom stereocenters. The molecule has 1 aromatic carbocycles. The maximum absolute atomic E-state index is 12.9. The highest BCUT2D eigenvalue weighted by atomic mass is 32.1. The van der Waals surface area contributed by atoms with Crippen LogP contribution >= 0.6 is 11.3 Å². The third-order valence-electron chi connectivity index (χ3n) is 5.56. The van der Waals surface area contributed by atoms with Crippen molar-refractivity contribution in [1.29, 1.82) is 5.26 Å². The molecule has 9 heteroatoms. The molecular formula is C21H21F3N4OS. The summed E-state index contributed by atoms with van der Waals surface area (Å²) >= 11 is 1.49. The minimum absolute atomic E-state index is 0.168. The first kappa shape index (κ1) is 20.7. The van der Waals surface area contributed by atoms with Gasteiger partial charge in [0.15, 0.2) is 0 Å². The summed E-state index contributed by atoms with van der Waals surface area (Å²) in [5.41, 5.74) is 1.56. The molecule has 0 radical (unpaired) electrons. The fourth-order valence-electron chi connectivity index (χ4n) is 4.02. The predicted molar refractivity (Wildman–Crippen MR) is 110 cm³/mol. The van der Waals surface area contributed by atoms with Gasteiger partial charge in [0, 0.05) is 36.7 Å². The summed E-state index contributed by atoms with van der Waals surface area (Å²) < 4.78 is 38.8. The van der Waals surface area contributed by atoms with Crippen molar-refractivity contribution < 1.29 is 18.0 Å². The second kappa shape index (κ2) is 8.28. The molecular weight excluding hydrogens is 413 g/mol. The van der Waals surface area contributed by atoms with E-state index in [0.29, 0.717) is 42.4 Å². The highest BCUT2D eigenvalue weighted by Crippen LogP contribution is 2.38. The summed E-state index contributed by atoms with van der Waals surface area (Å²) in [6.07, 6.45) is -1.45. The standard InChI is InChI=1S/C21H21F3N4OS/c22-21(23,24)14-3-1-4-15(11-14)28-9-7-27(8-10-28)13-19(29)26-20-17(12-25)16-5-2-6-18(16)30-20/h1,3-4,11H,2,5-10,13H2,(H,26,29). The van der Waals surface area contributed by atoms with Crippen LogP contribution in [0.5, 0.6) is 0 Å². The molecule has 0 bridgehead atoms. The van der Waals surface area contributed by atoms with E-state index in [1.165, 1.54) is 28.3 Å². The zero-order chi connectivity index (χ0) is 21.3. The van der Waals surface area contributed by atoms with Gasteiger partial charge in [-0.15, -0.1) is 11.3 Å². The van der Waals surface area contributed by atoms with Gasteiger partial charge in [-0.3, -0.25) is 9.69 Å². The number of nitrogens with zero attached hydrogens (tertiary/aromatic N) is 3. The third kappa shape index (κ3) is 4.30. The number of rotatable bonds is 4. The van der Waals surface area contributed by atoms with Gasteiger partial charge in [-0.05, 0) is 43.0 Å². The number of halogens is 3. The minimum atomic E-state index is -4.36. The number of benzene rings is 1. The number of fused-ring (bicyclic) bond motifs is 1. The summed E-state index contributed by atoms with van der Waals surface area (Å²) in [6.45, 7) is 2.45. The first-order valence-electron chi connectivity index (χ1n) is 9.84. The van der Waals surface area contributed by atoms with Gasteiger partial charge in [-0.25, -0.2) is 0 Å². The molecule has 158 valence electrons. The summed E-state index contributed by atoms with van der Waals surface area (Å²) in [4.78, 5) is 17.6. The largest absolute Gasteiger partial charge is 0.416 e. The Bertz CT molecular complexity index is 987. The summed E-state index contributed by atoms with van der Waals surface area (Å²) in [5, 5.41) is 12.9. The second-order valence-electron chi connectivity index (χ2n) is 7.53. The number of carbonyl (C=O) groups is 1. The van der Waals surface area contributed by atoms with Crippen LogP contribution in [-0.2, 0) is 23.8 Å². The van der Waals surface area contributed by atoms with Gasteiger partial charge < -0.3 is 10.2 Å². The number of anilines is 2. The first-order valence-corrected chi connectivity index (χ1v) is 10.7. The van der Waals surface area contributed by atoms with Crippen LogP contribution in [0.25, 0.3) is 0 Å². The van der Waals surface area contributed by atoms with Crippen LogP contribution in [0.3, 0.4) is 0 Å². The van der Waals surface area contributed by atoms with Crippen molar-refractivity contribution >= 4 is 27.9 Å². The number of piperazine rings is 1. The third-order valence-corrected chi connectivity index (χ3v) is 6.77. The number of nitriles is 1. The Morgan fingerprint density at radius 1 is 1.20 bits per heavy atom. The molecule has 0 spiro atoms. The van der Waals surface area contributed by atoms with E-state index < -0.39 is 11.7 Å². The van der Waals surface area contributed by atoms with Gasteiger partial charge in [-0.2, -0.15) is 18.4 Å². The molecule has 1 amide bonds. The minimum Gasteiger partial charge on any atom is -0.369 e. The fraction of sp³-hybridized carbons (Fsp3) is 0.429. The molecule has 0 atom stereocenters. The molecule has 0 saturated carbocycles. The van der Waals surface area contributed by atoms with E-state index in [2.05, 4.69) is 11.4 Å². The van der Waals surface area contributed by atoms with Crippen LogP contribution in [-0.4, -0.2) is 43.5 Å². The summed E-state index contributed by atoms with van der Waals surface area (Å²) in [7, 11) is 0. The SMILES string of the molecule is N#Cc1c(NC(=O)CN2CCN(c3cccc(C(F)(F)F)c3)CC2)sc2c1CCC2. The van der Waals surface area contributed by atoms with E-state index in [0.717, 1.165) is 30.9 Å². The van der Waals surface area contributed by atoms with Crippen molar-refractivity contribution in [3.05, 3.63) is 45.8 Å². The van der Waals surface area contributed by atoms with E-state index in [9.17, 15) is 23.2 Å². The number of aryl methyl sites for hydroxylation is 1. The number of alkyl halides is 3. The van der Waals surface area contributed by atoms with Crippen LogP contribution in [0.4, 0.5) is 23.9 Å². The van der Waals surface area contributed by atoms with E-state index in [1.54, 1.807) is 6.07 Å². The van der Waals surface area contributed by atoms with Crippen LogP contribution in [0, 0.1) is 11.3 Å². The number of thiophene rings is 1. The van der Waals surface area contributed by atoms with Gasteiger partial charge in [0.05, 0.1) is 17.7 Å². The van der Waals surface area contributed by atoms with Crippen LogP contribution < -0.4 is 10.2 Å². The Balaban J connectivity index is 1.32. The van der Waals surface area contributed by atoms with Crippen molar-refractivity contribution in [3.63, 3.8) is 0 Å². The fourth-order valence-corrected chi connectivity index (χ4v) is 5.28. The Hall–Kier alpha value is -2.57. The molecule has 1 saturated heterocycles. The number of amides is 1. The highest BCUT2D eigenvalue weighted by molar-refractivity contribution is 7.16. The number of nitrogens with one attached hydrogen (secondary N) is 1. The Labute approximate surface area is 176 Å². The maximum Gasteiger partial charge on any atom is 0.416 e. The maximum atomic E-state index is 12.9. The summed E-state index contributed by atoms with van der Waals surface area (Å²) in [6, 6.07) is 7.55. The average Bonchev–Trinajstić information content (AvgIpc) is 3.28. The zero-order valence-electron chi connectivity index (χ0n) is 16.3. The first-order chi connectivity index (χ1) is 14.3. The van der Waals surface area contributed by atoms with Crippen LogP contribution in [0.1, 0.15) is 28.0 Å². The quantitative estimate of drug-likeness (QED) is 0.793.